The van der Waals surface area contributed by atoms with Gasteiger partial charge >= 0.3 is 7.87 Å². The van der Waals surface area contributed by atoms with Crippen LogP contribution in [0.1, 0.15) is 13.8 Å². The first-order chi connectivity index (χ1) is 21.9. The van der Waals surface area contributed by atoms with E-state index >= 15 is 0 Å². The van der Waals surface area contributed by atoms with Crippen molar-refractivity contribution >= 4 is 37.9 Å². The van der Waals surface area contributed by atoms with Crippen LogP contribution in [0.2, 0.25) is 0 Å². The highest BCUT2D eigenvalue weighted by molar-refractivity contribution is 7.87. The largest absolute Gasteiger partial charge is 0.852 e. The summed E-state index contributed by atoms with van der Waals surface area (Å²) < 4.78 is 51.2. The molecule has 0 rings (SSSR count). The predicted octanol–water partition coefficient (Wildman–Crippen LogP) is 4.94. The van der Waals surface area contributed by atoms with Gasteiger partial charge in [0.05, 0.1) is 0 Å². The molecule has 0 radical (unpaired) electrons. The molecule has 0 aliphatic carbocycles. The minimum absolute atomic E-state index is 0.417. The Labute approximate surface area is 305 Å². The molecule has 0 saturated carbocycles. The number of nitrogens with zero attached hydrogens (tertiary/aromatic N) is 16. The molecule has 0 aliphatic rings. The summed E-state index contributed by atoms with van der Waals surface area (Å²) in [6.07, 6.45) is -0.417. The lowest BCUT2D eigenvalue weighted by Gasteiger charge is -2.44. The molecule has 0 saturated heterocycles. The molecule has 0 spiro atoms. The Morgan fingerprint density at radius 1 is 0.306 bits per heavy atom. The summed E-state index contributed by atoms with van der Waals surface area (Å²) in [5.41, 5.74) is 0. The summed E-state index contributed by atoms with van der Waals surface area (Å²) in [6, 6.07) is 0. The van der Waals surface area contributed by atoms with Crippen molar-refractivity contribution < 1.29 is 5.11 Å². The van der Waals surface area contributed by atoms with Crippen LogP contribution in [0.15, 0.2) is 18.1 Å². The van der Waals surface area contributed by atoms with Crippen molar-refractivity contribution in [3.05, 3.63) is 0 Å². The highest BCUT2D eigenvalue weighted by atomic mass is 31.3. The topological polar surface area (TPSA) is 111 Å². The maximum absolute atomic E-state index is 9.53. The Morgan fingerprint density at radius 2 is 0.388 bits per heavy atom. The smallest absolute Gasteiger partial charge is 0.502 e. The van der Waals surface area contributed by atoms with Crippen LogP contribution < -0.4 is 5.11 Å². The normalized spacial score (nSPS) is 14.4. The maximum Gasteiger partial charge on any atom is 0.502 e. The maximum atomic E-state index is 9.53. The third kappa shape index (κ3) is 11.4. The fourth-order valence-corrected chi connectivity index (χ4v) is 30.2. The van der Waals surface area contributed by atoms with Gasteiger partial charge in [0.15, 0.2) is 0 Å². The van der Waals surface area contributed by atoms with Crippen molar-refractivity contribution in [2.75, 3.05) is 169 Å². The Balaban J connectivity index is 0. The summed E-state index contributed by atoms with van der Waals surface area (Å²) in [7, 11) is 36.8. The fourth-order valence-electron chi connectivity index (χ4n) is 6.00. The zero-order chi connectivity index (χ0) is 39.8. The third-order valence-corrected chi connectivity index (χ3v) is 28.0. The van der Waals surface area contributed by atoms with Gasteiger partial charge in [-0.25, -0.2) is 56.0 Å². The van der Waals surface area contributed by atoms with Gasteiger partial charge in [0.2, 0.25) is 30.0 Å². The molecule has 0 bridgehead atoms. The second-order valence-electron chi connectivity index (χ2n) is 14.3. The molecule has 0 unspecified atom stereocenters. The van der Waals surface area contributed by atoms with Crippen molar-refractivity contribution in [3.8, 4) is 0 Å². The number of hydrogen-bond donors (Lipinski definition) is 0. The highest BCUT2D eigenvalue weighted by Crippen LogP contribution is 2.86. The van der Waals surface area contributed by atoms with E-state index in [1.807, 2.05) is 0 Å². The van der Waals surface area contributed by atoms with Gasteiger partial charge in [0.1, 0.15) is 0 Å². The molecule has 0 heterocycles. The molecule has 0 aromatic rings. The minimum atomic E-state index is -3.43. The van der Waals surface area contributed by atoms with Gasteiger partial charge in [-0.2, -0.15) is 0 Å². The van der Waals surface area contributed by atoms with Crippen molar-refractivity contribution in [1.29, 1.82) is 0 Å². The van der Waals surface area contributed by atoms with Crippen LogP contribution in [-0.2, 0) is 0 Å². The summed E-state index contributed by atoms with van der Waals surface area (Å²) in [4.78, 5) is 0. The summed E-state index contributed by atoms with van der Waals surface area (Å²) >= 11 is 0. The zero-order valence-electron chi connectivity index (χ0n) is 36.4. The van der Waals surface area contributed by atoms with Crippen LogP contribution in [-0.4, -0.2) is 231 Å². The monoisotopic (exact) mass is 799 g/mol. The molecular formula is C27H79N16OP5. The van der Waals surface area contributed by atoms with E-state index in [9.17, 15) is 5.11 Å². The summed E-state index contributed by atoms with van der Waals surface area (Å²) in [5.74, 6) is 0. The van der Waals surface area contributed by atoms with Gasteiger partial charge < -0.3 is 5.11 Å². The van der Waals surface area contributed by atoms with E-state index in [0.29, 0.717) is 0 Å². The Bertz CT molecular complexity index is 929. The van der Waals surface area contributed by atoms with Gasteiger partial charge in [-0.15, -0.1) is 6.10 Å². The van der Waals surface area contributed by atoms with Crippen LogP contribution in [0.3, 0.4) is 0 Å². The van der Waals surface area contributed by atoms with E-state index in [2.05, 4.69) is 225 Å². The third-order valence-electron chi connectivity index (χ3n) is 7.40. The van der Waals surface area contributed by atoms with Crippen LogP contribution >= 0.6 is 37.9 Å². The van der Waals surface area contributed by atoms with Gasteiger partial charge in [-0.05, 0) is 187 Å². The molecule has 0 atom stereocenters. The van der Waals surface area contributed by atoms with E-state index in [4.69, 9.17) is 18.1 Å². The molecule has 22 heteroatoms. The van der Waals surface area contributed by atoms with Crippen molar-refractivity contribution in [1.82, 2.24) is 56.0 Å². The summed E-state index contributed by atoms with van der Waals surface area (Å²) in [5, 5.41) is 9.53. The van der Waals surface area contributed by atoms with Crippen LogP contribution in [0.4, 0.5) is 0 Å². The summed E-state index contributed by atoms with van der Waals surface area (Å²) in [6.45, 7) is 3.22. The van der Waals surface area contributed by atoms with Crippen molar-refractivity contribution in [2.45, 2.75) is 20.0 Å². The lowest BCUT2D eigenvalue weighted by Crippen LogP contribution is -2.33. The Morgan fingerprint density at radius 3 is 0.449 bits per heavy atom. The first-order valence-electron chi connectivity index (χ1n) is 16.1. The zero-order valence-corrected chi connectivity index (χ0v) is 40.8. The standard InChI is InChI=1S/C24H72N16P5.C3H7O/c1-29(2)42(30(3)4,31(5)6)25-41(26-43(32(7)8,33(9)10)34(11)12,27-44(35(13)14,36(15)16)37(17)18)28-45(38(19)20,39(21)22)40(23)24;1-3(2)4/h1-24H3;3H,1-2H3/q+1;-1. The molecule has 0 fully saturated rings. The van der Waals surface area contributed by atoms with Gasteiger partial charge in [0.25, 0.3) is 0 Å². The lowest BCUT2D eigenvalue weighted by atomic mass is 10.5. The van der Waals surface area contributed by atoms with Crippen molar-refractivity contribution in [2.24, 2.45) is 18.1 Å². The van der Waals surface area contributed by atoms with Crippen molar-refractivity contribution in [3.63, 3.8) is 0 Å². The van der Waals surface area contributed by atoms with E-state index < -0.39 is 44.0 Å². The fraction of sp³-hybridized carbons (Fsp3) is 1.00. The minimum Gasteiger partial charge on any atom is -0.852 e. The SMILES string of the molecule is CC(C)[O-].CN(C)P(=N[P+](N=P(N(C)C)(N(C)C)N(C)C)(N=P(N(C)C)(N(C)C)N(C)C)N=P(N(C)C)(N(C)C)N(C)C)(N(C)C)N(C)C. The highest BCUT2D eigenvalue weighted by Gasteiger charge is 2.56. The van der Waals surface area contributed by atoms with Gasteiger partial charge in [-0.1, -0.05) is 13.8 Å². The predicted molar refractivity (Wildman–Crippen MR) is 224 cm³/mol. The van der Waals surface area contributed by atoms with E-state index in [1.54, 1.807) is 13.8 Å². The first kappa shape index (κ1) is 51.9. The second-order valence-corrected chi connectivity index (χ2v) is 32.1. The molecule has 0 aromatic heterocycles. The Hall–Kier alpha value is 0.830. The van der Waals surface area contributed by atoms with E-state index in [-0.39, 0.29) is 0 Å². The molecule has 49 heavy (non-hydrogen) atoms. The average Bonchev–Trinajstić information content (AvgIpc) is 2.89. The quantitative estimate of drug-likeness (QED) is 0.197. The van der Waals surface area contributed by atoms with Crippen LogP contribution in [0.5, 0.6) is 0 Å². The average molecular weight is 799 g/mol. The molecule has 298 valence electrons. The second kappa shape index (κ2) is 20.5. The van der Waals surface area contributed by atoms with Crippen LogP contribution in [0.25, 0.3) is 0 Å². The molecule has 17 nitrogen and oxygen atoms in total. The van der Waals surface area contributed by atoms with Gasteiger partial charge in [-0.3, -0.25) is 0 Å². The van der Waals surface area contributed by atoms with E-state index in [1.165, 1.54) is 0 Å². The first-order valence-corrected chi connectivity index (χ1v) is 24.1. The number of hydrogen-bond acceptors (Lipinski definition) is 5. The molecule has 0 amide bonds. The molecule has 0 aromatic carbocycles. The lowest BCUT2D eigenvalue weighted by molar-refractivity contribution is -0.407. The van der Waals surface area contributed by atoms with Crippen LogP contribution in [0, 0.1) is 0 Å². The molecule has 0 aliphatic heterocycles. The molecular weight excluding hydrogens is 719 g/mol. The Kier molecular flexibility index (Phi) is 21.7. The van der Waals surface area contributed by atoms with Gasteiger partial charge in [0, 0.05) is 0 Å². The molecule has 0 N–H and O–H groups in total. The number of rotatable bonds is 16. The van der Waals surface area contributed by atoms with E-state index in [0.717, 1.165) is 0 Å².